The van der Waals surface area contributed by atoms with Crippen molar-refractivity contribution in [2.45, 2.75) is 32.4 Å². The SMILES string of the molecule is CC(C)N1C(=O)c2ccc(NC(=O)N(CCN(C)C)C3CCS(=O)(=O)C3)cc2C1=O. The smallest absolute Gasteiger partial charge is 0.319 e. The summed E-state index contributed by atoms with van der Waals surface area (Å²) in [5.74, 6) is -0.697. The third kappa shape index (κ3) is 4.49. The van der Waals surface area contributed by atoms with Gasteiger partial charge in [-0.05, 0) is 52.6 Å². The maximum atomic E-state index is 13.0. The minimum absolute atomic E-state index is 0.0472. The van der Waals surface area contributed by atoms with E-state index in [4.69, 9.17) is 0 Å². The third-order valence-electron chi connectivity index (χ3n) is 5.38. The highest BCUT2D eigenvalue weighted by Gasteiger charge is 2.38. The maximum absolute atomic E-state index is 13.0. The molecule has 0 aromatic heterocycles. The van der Waals surface area contributed by atoms with Crippen LogP contribution in [0.2, 0.25) is 0 Å². The second-order valence-corrected chi connectivity index (χ2v) is 10.5. The Morgan fingerprint density at radius 3 is 2.40 bits per heavy atom. The molecule has 0 radical (unpaired) electrons. The maximum Gasteiger partial charge on any atom is 0.322 e. The van der Waals surface area contributed by atoms with E-state index in [0.717, 1.165) is 0 Å². The summed E-state index contributed by atoms with van der Waals surface area (Å²) in [5, 5.41) is 2.77. The lowest BCUT2D eigenvalue weighted by atomic mass is 10.1. The first-order valence-electron chi connectivity index (χ1n) is 9.95. The number of hydrogen-bond acceptors (Lipinski definition) is 6. The van der Waals surface area contributed by atoms with E-state index in [1.54, 1.807) is 24.8 Å². The summed E-state index contributed by atoms with van der Waals surface area (Å²) in [6.45, 7) is 4.50. The summed E-state index contributed by atoms with van der Waals surface area (Å²) < 4.78 is 23.8. The molecule has 1 aromatic carbocycles. The van der Waals surface area contributed by atoms with Gasteiger partial charge in [0.2, 0.25) is 0 Å². The topological polar surface area (TPSA) is 107 Å². The summed E-state index contributed by atoms with van der Waals surface area (Å²) in [4.78, 5) is 42.7. The lowest BCUT2D eigenvalue weighted by molar-refractivity contribution is 0.0609. The van der Waals surface area contributed by atoms with E-state index in [1.807, 2.05) is 19.0 Å². The van der Waals surface area contributed by atoms with Crippen LogP contribution in [0, 0.1) is 0 Å². The van der Waals surface area contributed by atoms with Crippen LogP contribution in [0.15, 0.2) is 18.2 Å². The zero-order valence-electron chi connectivity index (χ0n) is 17.7. The predicted molar refractivity (Wildman–Crippen MR) is 113 cm³/mol. The number of likely N-dealkylation sites (N-methyl/N-ethyl adjacent to an activating group) is 1. The first-order valence-corrected chi connectivity index (χ1v) is 11.8. The van der Waals surface area contributed by atoms with Crippen LogP contribution in [0.1, 0.15) is 41.0 Å². The minimum atomic E-state index is -3.14. The number of benzene rings is 1. The molecule has 1 saturated heterocycles. The number of nitrogens with zero attached hydrogens (tertiary/aromatic N) is 3. The number of rotatable bonds is 6. The van der Waals surface area contributed by atoms with E-state index >= 15 is 0 Å². The first kappa shape index (κ1) is 22.2. The fourth-order valence-electron chi connectivity index (χ4n) is 3.78. The average Bonchev–Trinajstić information content (AvgIpc) is 3.11. The zero-order valence-corrected chi connectivity index (χ0v) is 18.5. The number of anilines is 1. The molecule has 4 amide bonds. The molecule has 9 nitrogen and oxygen atoms in total. The molecule has 1 atom stereocenters. The molecule has 164 valence electrons. The number of imide groups is 1. The van der Waals surface area contributed by atoms with Gasteiger partial charge >= 0.3 is 6.03 Å². The third-order valence-corrected chi connectivity index (χ3v) is 7.13. The first-order chi connectivity index (χ1) is 14.0. The van der Waals surface area contributed by atoms with E-state index in [1.165, 1.54) is 17.0 Å². The van der Waals surface area contributed by atoms with Crippen molar-refractivity contribution in [3.63, 3.8) is 0 Å². The Morgan fingerprint density at radius 1 is 1.17 bits per heavy atom. The Labute approximate surface area is 176 Å². The second kappa shape index (κ2) is 8.35. The van der Waals surface area contributed by atoms with Crippen molar-refractivity contribution in [3.8, 4) is 0 Å². The van der Waals surface area contributed by atoms with Crippen LogP contribution in [0.25, 0.3) is 0 Å². The highest BCUT2D eigenvalue weighted by atomic mass is 32.2. The summed E-state index contributed by atoms with van der Waals surface area (Å²) in [7, 11) is 0.616. The van der Waals surface area contributed by atoms with Crippen LogP contribution in [0.3, 0.4) is 0 Å². The molecular formula is C20H28N4O5S. The van der Waals surface area contributed by atoms with Crippen molar-refractivity contribution in [1.29, 1.82) is 0 Å². The van der Waals surface area contributed by atoms with Crippen LogP contribution in [0.4, 0.5) is 10.5 Å². The molecule has 10 heteroatoms. The Morgan fingerprint density at radius 2 is 1.83 bits per heavy atom. The van der Waals surface area contributed by atoms with E-state index < -0.39 is 15.9 Å². The molecule has 1 N–H and O–H groups in total. The molecule has 0 bridgehead atoms. The van der Waals surface area contributed by atoms with Crippen LogP contribution >= 0.6 is 0 Å². The Kier molecular flexibility index (Phi) is 6.19. The quantitative estimate of drug-likeness (QED) is 0.673. The number of carbonyl (C=O) groups excluding carboxylic acids is 3. The fraction of sp³-hybridized carbons (Fsp3) is 0.550. The molecule has 2 aliphatic rings. The average molecular weight is 437 g/mol. The van der Waals surface area contributed by atoms with Crippen molar-refractivity contribution >= 4 is 33.4 Å². The molecule has 0 spiro atoms. The van der Waals surface area contributed by atoms with Crippen molar-refractivity contribution in [1.82, 2.24) is 14.7 Å². The van der Waals surface area contributed by atoms with Gasteiger partial charge in [0.05, 0.1) is 22.6 Å². The van der Waals surface area contributed by atoms with Gasteiger partial charge in [-0.1, -0.05) is 0 Å². The monoisotopic (exact) mass is 436 g/mol. The van der Waals surface area contributed by atoms with Crippen molar-refractivity contribution in [3.05, 3.63) is 29.3 Å². The second-order valence-electron chi connectivity index (χ2n) is 8.32. The van der Waals surface area contributed by atoms with Gasteiger partial charge in [0.25, 0.3) is 11.8 Å². The largest absolute Gasteiger partial charge is 0.322 e. The van der Waals surface area contributed by atoms with Gasteiger partial charge in [0, 0.05) is 30.9 Å². The highest BCUT2D eigenvalue weighted by Crippen LogP contribution is 2.28. The lowest BCUT2D eigenvalue weighted by Gasteiger charge is -2.29. The van der Waals surface area contributed by atoms with Crippen LogP contribution < -0.4 is 5.32 Å². The number of fused-ring (bicyclic) bond motifs is 1. The van der Waals surface area contributed by atoms with Gasteiger partial charge in [-0.2, -0.15) is 0 Å². The standard InChI is InChI=1S/C20H28N4O5S/c1-13(2)24-18(25)16-6-5-14(11-17(16)19(24)26)21-20(27)23(9-8-22(3)4)15-7-10-30(28,29)12-15/h5-6,11,13,15H,7-10,12H2,1-4H3,(H,21,27). The number of nitrogens with one attached hydrogen (secondary N) is 1. The zero-order chi connectivity index (χ0) is 22.2. The minimum Gasteiger partial charge on any atom is -0.319 e. The van der Waals surface area contributed by atoms with Gasteiger partial charge in [-0.3, -0.25) is 14.5 Å². The number of amides is 4. The predicted octanol–water partition coefficient (Wildman–Crippen LogP) is 1.27. The number of urea groups is 1. The molecule has 0 aliphatic carbocycles. The molecule has 2 heterocycles. The van der Waals surface area contributed by atoms with Crippen molar-refractivity contribution < 1.29 is 22.8 Å². The van der Waals surface area contributed by atoms with Crippen LogP contribution in [-0.4, -0.2) is 91.7 Å². The number of sulfone groups is 1. The molecule has 1 fully saturated rings. The van der Waals surface area contributed by atoms with E-state index in [9.17, 15) is 22.8 Å². The van der Waals surface area contributed by atoms with Gasteiger partial charge in [0.1, 0.15) is 0 Å². The van der Waals surface area contributed by atoms with Gasteiger partial charge in [0.15, 0.2) is 9.84 Å². The Hall–Kier alpha value is -2.46. The molecule has 1 unspecified atom stereocenters. The van der Waals surface area contributed by atoms with Crippen molar-refractivity contribution in [2.75, 3.05) is 44.0 Å². The number of hydrogen-bond donors (Lipinski definition) is 1. The molecule has 3 rings (SSSR count). The Balaban J connectivity index is 1.80. The number of carbonyl (C=O) groups is 3. The summed E-state index contributed by atoms with van der Waals surface area (Å²) in [6, 6.07) is 3.56. The van der Waals surface area contributed by atoms with Crippen molar-refractivity contribution in [2.24, 2.45) is 0 Å². The summed E-state index contributed by atoms with van der Waals surface area (Å²) >= 11 is 0. The molecule has 0 saturated carbocycles. The lowest BCUT2D eigenvalue weighted by Crippen LogP contribution is -2.46. The van der Waals surface area contributed by atoms with E-state index in [2.05, 4.69) is 5.32 Å². The summed E-state index contributed by atoms with van der Waals surface area (Å²) in [6.07, 6.45) is 0.406. The van der Waals surface area contributed by atoms with E-state index in [0.29, 0.717) is 30.8 Å². The van der Waals surface area contributed by atoms with Crippen LogP contribution in [-0.2, 0) is 9.84 Å². The summed E-state index contributed by atoms with van der Waals surface area (Å²) in [5.41, 5.74) is 0.967. The fourth-order valence-corrected chi connectivity index (χ4v) is 5.51. The van der Waals surface area contributed by atoms with E-state index in [-0.39, 0.29) is 41.0 Å². The highest BCUT2D eigenvalue weighted by molar-refractivity contribution is 7.91. The Bertz CT molecular complexity index is 973. The molecular weight excluding hydrogens is 408 g/mol. The molecule has 1 aromatic rings. The van der Waals surface area contributed by atoms with Crippen LogP contribution in [0.5, 0.6) is 0 Å². The van der Waals surface area contributed by atoms with Gasteiger partial charge in [-0.25, -0.2) is 13.2 Å². The van der Waals surface area contributed by atoms with Gasteiger partial charge < -0.3 is 15.1 Å². The molecule has 2 aliphatic heterocycles. The normalized spacial score (nSPS) is 20.2. The van der Waals surface area contributed by atoms with Gasteiger partial charge in [-0.15, -0.1) is 0 Å². The molecule has 30 heavy (non-hydrogen) atoms.